The van der Waals surface area contributed by atoms with Crippen molar-refractivity contribution >= 4 is 11.9 Å². The molecule has 5 heteroatoms. The second-order valence-electron chi connectivity index (χ2n) is 6.75. The SMILES string of the molecule is CCNC(=NCc1ccccc1C)NCCNC(=O)CC1CCCC1. The zero-order valence-electron chi connectivity index (χ0n) is 15.6. The summed E-state index contributed by atoms with van der Waals surface area (Å²) in [5.41, 5.74) is 2.48. The predicted molar refractivity (Wildman–Crippen MR) is 104 cm³/mol. The van der Waals surface area contributed by atoms with Gasteiger partial charge in [0, 0.05) is 26.1 Å². The number of nitrogens with zero attached hydrogens (tertiary/aromatic N) is 1. The highest BCUT2D eigenvalue weighted by molar-refractivity contribution is 5.80. The molecule has 2 rings (SSSR count). The lowest BCUT2D eigenvalue weighted by atomic mass is 10.0. The van der Waals surface area contributed by atoms with E-state index in [1.54, 1.807) is 0 Å². The second-order valence-corrected chi connectivity index (χ2v) is 6.75. The molecule has 1 aromatic carbocycles. The van der Waals surface area contributed by atoms with Gasteiger partial charge in [0.1, 0.15) is 0 Å². The Morgan fingerprint density at radius 1 is 1.12 bits per heavy atom. The molecule has 0 aromatic heterocycles. The Morgan fingerprint density at radius 3 is 2.56 bits per heavy atom. The Hall–Kier alpha value is -2.04. The molecule has 0 aliphatic heterocycles. The molecule has 1 fully saturated rings. The van der Waals surface area contributed by atoms with Crippen molar-refractivity contribution < 1.29 is 4.79 Å². The lowest BCUT2D eigenvalue weighted by Gasteiger charge is -2.13. The van der Waals surface area contributed by atoms with Crippen LogP contribution in [0.15, 0.2) is 29.3 Å². The zero-order valence-corrected chi connectivity index (χ0v) is 15.6. The first-order valence-corrected chi connectivity index (χ1v) is 9.52. The number of aryl methyl sites for hydroxylation is 1. The van der Waals surface area contributed by atoms with Crippen molar-refractivity contribution in [3.63, 3.8) is 0 Å². The van der Waals surface area contributed by atoms with Crippen LogP contribution in [0.4, 0.5) is 0 Å². The fourth-order valence-corrected chi connectivity index (χ4v) is 3.23. The highest BCUT2D eigenvalue weighted by Crippen LogP contribution is 2.27. The van der Waals surface area contributed by atoms with Crippen LogP contribution in [0.1, 0.15) is 50.2 Å². The van der Waals surface area contributed by atoms with Crippen LogP contribution in [0.25, 0.3) is 0 Å². The first kappa shape index (κ1) is 19.3. The van der Waals surface area contributed by atoms with Crippen molar-refractivity contribution in [2.45, 2.75) is 52.5 Å². The number of benzene rings is 1. The summed E-state index contributed by atoms with van der Waals surface area (Å²) in [5.74, 6) is 1.56. The van der Waals surface area contributed by atoms with Gasteiger partial charge in [-0.2, -0.15) is 0 Å². The van der Waals surface area contributed by atoms with Crippen LogP contribution >= 0.6 is 0 Å². The number of hydrogen-bond acceptors (Lipinski definition) is 2. The van der Waals surface area contributed by atoms with Crippen LogP contribution in [0.2, 0.25) is 0 Å². The Bertz CT molecular complexity index is 565. The maximum Gasteiger partial charge on any atom is 0.220 e. The van der Waals surface area contributed by atoms with Crippen LogP contribution in [0.3, 0.4) is 0 Å². The van der Waals surface area contributed by atoms with Gasteiger partial charge in [-0.3, -0.25) is 4.79 Å². The molecule has 25 heavy (non-hydrogen) atoms. The minimum Gasteiger partial charge on any atom is -0.357 e. The number of carbonyl (C=O) groups is 1. The molecule has 0 heterocycles. The van der Waals surface area contributed by atoms with Crippen molar-refractivity contribution in [3.8, 4) is 0 Å². The number of nitrogens with one attached hydrogen (secondary N) is 3. The summed E-state index contributed by atoms with van der Waals surface area (Å²) < 4.78 is 0. The molecule has 3 N–H and O–H groups in total. The molecule has 5 nitrogen and oxygen atoms in total. The molecule has 0 radical (unpaired) electrons. The molecule has 0 saturated heterocycles. The quantitative estimate of drug-likeness (QED) is 0.386. The third-order valence-corrected chi connectivity index (χ3v) is 4.70. The summed E-state index contributed by atoms with van der Waals surface area (Å²) >= 11 is 0. The fraction of sp³-hybridized carbons (Fsp3) is 0.600. The molecule has 1 aromatic rings. The molecule has 1 aliphatic carbocycles. The number of rotatable bonds is 8. The summed E-state index contributed by atoms with van der Waals surface area (Å²) in [7, 11) is 0. The van der Waals surface area contributed by atoms with Crippen molar-refractivity contribution in [3.05, 3.63) is 35.4 Å². The van der Waals surface area contributed by atoms with Gasteiger partial charge in [0.25, 0.3) is 0 Å². The first-order chi connectivity index (χ1) is 12.2. The van der Waals surface area contributed by atoms with Gasteiger partial charge < -0.3 is 16.0 Å². The molecule has 0 unspecified atom stereocenters. The van der Waals surface area contributed by atoms with Gasteiger partial charge in [-0.25, -0.2) is 4.99 Å². The maximum absolute atomic E-state index is 11.9. The lowest BCUT2D eigenvalue weighted by Crippen LogP contribution is -2.41. The molecule has 0 spiro atoms. The van der Waals surface area contributed by atoms with E-state index in [-0.39, 0.29) is 5.91 Å². The molecule has 1 amide bonds. The smallest absolute Gasteiger partial charge is 0.220 e. The third-order valence-electron chi connectivity index (χ3n) is 4.70. The van der Waals surface area contributed by atoms with Crippen LogP contribution in [0.5, 0.6) is 0 Å². The summed E-state index contributed by atoms with van der Waals surface area (Å²) in [6, 6.07) is 8.29. The zero-order chi connectivity index (χ0) is 17.9. The monoisotopic (exact) mass is 344 g/mol. The van der Waals surface area contributed by atoms with E-state index >= 15 is 0 Å². The number of carbonyl (C=O) groups excluding carboxylic acids is 1. The predicted octanol–water partition coefficient (Wildman–Crippen LogP) is 2.75. The molecule has 1 saturated carbocycles. The molecular weight excluding hydrogens is 312 g/mol. The fourth-order valence-electron chi connectivity index (χ4n) is 3.23. The van der Waals surface area contributed by atoms with E-state index in [1.165, 1.54) is 36.8 Å². The summed E-state index contributed by atoms with van der Waals surface area (Å²) in [4.78, 5) is 16.6. The van der Waals surface area contributed by atoms with Gasteiger partial charge in [-0.15, -0.1) is 0 Å². The standard InChI is InChI=1S/C20H32N4O/c1-3-21-20(24-15-18-11-7-4-8-16(18)2)23-13-12-22-19(25)14-17-9-5-6-10-17/h4,7-8,11,17H,3,5-6,9-10,12-15H2,1-2H3,(H,22,25)(H2,21,23,24). The summed E-state index contributed by atoms with van der Waals surface area (Å²) in [6.07, 6.45) is 5.66. The van der Waals surface area contributed by atoms with Gasteiger partial charge in [0.15, 0.2) is 5.96 Å². The highest BCUT2D eigenvalue weighted by Gasteiger charge is 2.17. The highest BCUT2D eigenvalue weighted by atomic mass is 16.1. The number of hydrogen-bond donors (Lipinski definition) is 3. The third kappa shape index (κ3) is 7.16. The number of amides is 1. The van der Waals surface area contributed by atoms with Crippen molar-refractivity contribution in [2.75, 3.05) is 19.6 Å². The van der Waals surface area contributed by atoms with E-state index in [2.05, 4.69) is 40.0 Å². The van der Waals surface area contributed by atoms with Gasteiger partial charge in [-0.1, -0.05) is 37.1 Å². The van der Waals surface area contributed by atoms with E-state index in [1.807, 2.05) is 19.1 Å². The van der Waals surface area contributed by atoms with Crippen LogP contribution in [-0.2, 0) is 11.3 Å². The van der Waals surface area contributed by atoms with Crippen LogP contribution in [-0.4, -0.2) is 31.5 Å². The Morgan fingerprint density at radius 2 is 1.84 bits per heavy atom. The number of guanidine groups is 1. The average Bonchev–Trinajstić information content (AvgIpc) is 3.10. The Labute approximate surface area is 151 Å². The van der Waals surface area contributed by atoms with Crippen molar-refractivity contribution in [2.24, 2.45) is 10.9 Å². The molecule has 0 atom stereocenters. The summed E-state index contributed by atoms with van der Waals surface area (Å²) in [5, 5.41) is 9.53. The molecule has 0 bridgehead atoms. The first-order valence-electron chi connectivity index (χ1n) is 9.52. The maximum atomic E-state index is 11.9. The van der Waals surface area contributed by atoms with E-state index in [9.17, 15) is 4.79 Å². The normalized spacial score (nSPS) is 15.2. The van der Waals surface area contributed by atoms with E-state index in [0.717, 1.165) is 12.5 Å². The molecular formula is C20H32N4O. The summed E-state index contributed by atoms with van der Waals surface area (Å²) in [6.45, 7) is 6.92. The second kappa shape index (κ2) is 10.7. The van der Waals surface area contributed by atoms with Gasteiger partial charge in [-0.05, 0) is 43.7 Å². The Kier molecular flexibility index (Phi) is 8.29. The lowest BCUT2D eigenvalue weighted by molar-refractivity contribution is -0.121. The minimum absolute atomic E-state index is 0.176. The van der Waals surface area contributed by atoms with Gasteiger partial charge in [0.2, 0.25) is 5.91 Å². The van der Waals surface area contributed by atoms with E-state index < -0.39 is 0 Å². The van der Waals surface area contributed by atoms with Crippen molar-refractivity contribution in [1.82, 2.24) is 16.0 Å². The Balaban J connectivity index is 1.70. The molecule has 138 valence electrons. The topological polar surface area (TPSA) is 65.5 Å². The van der Waals surface area contributed by atoms with Crippen LogP contribution < -0.4 is 16.0 Å². The van der Waals surface area contributed by atoms with Crippen molar-refractivity contribution in [1.29, 1.82) is 0 Å². The minimum atomic E-state index is 0.176. The number of aliphatic imine (C=N–C) groups is 1. The molecule has 1 aliphatic rings. The van der Waals surface area contributed by atoms with E-state index in [0.29, 0.717) is 32.0 Å². The average molecular weight is 345 g/mol. The van der Waals surface area contributed by atoms with Crippen LogP contribution in [0, 0.1) is 12.8 Å². The van der Waals surface area contributed by atoms with Gasteiger partial charge >= 0.3 is 0 Å². The largest absolute Gasteiger partial charge is 0.357 e. The van der Waals surface area contributed by atoms with Gasteiger partial charge in [0.05, 0.1) is 6.54 Å². The van der Waals surface area contributed by atoms with E-state index in [4.69, 9.17) is 0 Å².